The third-order valence-electron chi connectivity index (χ3n) is 6.26. The SMILES string of the molecule is Oc1cccc2c1CCCC2CCn1cnc(-c2ccccc2)c1-c1ccccc1. The van der Waals surface area contributed by atoms with E-state index in [2.05, 4.69) is 65.2 Å². The van der Waals surface area contributed by atoms with Gasteiger partial charge in [0.05, 0.1) is 17.7 Å². The van der Waals surface area contributed by atoms with Crippen molar-refractivity contribution < 1.29 is 5.11 Å². The van der Waals surface area contributed by atoms with E-state index in [0.717, 1.165) is 42.6 Å². The molecule has 0 bridgehead atoms. The fourth-order valence-corrected chi connectivity index (χ4v) is 4.78. The normalized spacial score (nSPS) is 15.7. The fourth-order valence-electron chi connectivity index (χ4n) is 4.78. The summed E-state index contributed by atoms with van der Waals surface area (Å²) in [4.78, 5) is 4.81. The van der Waals surface area contributed by atoms with Gasteiger partial charge >= 0.3 is 0 Å². The maximum Gasteiger partial charge on any atom is 0.119 e. The first-order chi connectivity index (χ1) is 14.8. The molecule has 4 aromatic rings. The number of hydrogen-bond acceptors (Lipinski definition) is 2. The zero-order chi connectivity index (χ0) is 20.3. The molecular formula is C27H26N2O. The molecule has 1 aliphatic carbocycles. The van der Waals surface area contributed by atoms with E-state index in [1.807, 2.05) is 24.5 Å². The molecule has 0 fully saturated rings. The van der Waals surface area contributed by atoms with Gasteiger partial charge in [-0.1, -0.05) is 72.8 Å². The average Bonchev–Trinajstić information content (AvgIpc) is 3.23. The molecule has 1 aromatic heterocycles. The van der Waals surface area contributed by atoms with Crippen molar-refractivity contribution in [3.63, 3.8) is 0 Å². The first-order valence-electron chi connectivity index (χ1n) is 10.8. The molecule has 150 valence electrons. The Kier molecular flexibility index (Phi) is 5.10. The number of fused-ring (bicyclic) bond motifs is 1. The van der Waals surface area contributed by atoms with E-state index in [1.54, 1.807) is 0 Å². The molecule has 1 N–H and O–H groups in total. The number of imidazole rings is 1. The van der Waals surface area contributed by atoms with Crippen LogP contribution in [0.5, 0.6) is 5.75 Å². The van der Waals surface area contributed by atoms with Crippen LogP contribution in [0, 0.1) is 0 Å². The zero-order valence-corrected chi connectivity index (χ0v) is 17.0. The molecule has 1 unspecified atom stereocenters. The summed E-state index contributed by atoms with van der Waals surface area (Å²) in [7, 11) is 0. The Labute approximate surface area is 177 Å². The van der Waals surface area contributed by atoms with Crippen LogP contribution in [0.4, 0.5) is 0 Å². The molecule has 0 spiro atoms. The van der Waals surface area contributed by atoms with Gasteiger partial charge in [-0.25, -0.2) is 4.98 Å². The standard InChI is InChI=1S/C27H26N2O/c30-25-16-8-14-23-20(13-7-15-24(23)25)17-18-29-19-28-26(21-9-3-1-4-10-21)27(29)22-11-5-2-6-12-22/h1-6,8-12,14,16,19-20,30H,7,13,15,17-18H2. The van der Waals surface area contributed by atoms with Gasteiger partial charge in [0.1, 0.15) is 5.75 Å². The number of nitrogens with zero attached hydrogens (tertiary/aromatic N) is 2. The van der Waals surface area contributed by atoms with Gasteiger partial charge < -0.3 is 9.67 Å². The highest BCUT2D eigenvalue weighted by Crippen LogP contribution is 2.39. The van der Waals surface area contributed by atoms with Crippen molar-refractivity contribution in [1.82, 2.24) is 9.55 Å². The van der Waals surface area contributed by atoms with E-state index < -0.39 is 0 Å². The van der Waals surface area contributed by atoms with Crippen molar-refractivity contribution in [3.05, 3.63) is 96.3 Å². The molecule has 0 aliphatic heterocycles. The number of hydrogen-bond donors (Lipinski definition) is 1. The van der Waals surface area contributed by atoms with Crippen molar-refractivity contribution in [3.8, 4) is 28.3 Å². The van der Waals surface area contributed by atoms with Crippen LogP contribution in [0.15, 0.2) is 85.2 Å². The Hall–Kier alpha value is -3.33. The van der Waals surface area contributed by atoms with Crippen LogP contribution in [0.2, 0.25) is 0 Å². The number of phenols is 1. The summed E-state index contributed by atoms with van der Waals surface area (Å²) >= 11 is 0. The molecule has 30 heavy (non-hydrogen) atoms. The number of aromatic hydroxyl groups is 1. The molecular weight excluding hydrogens is 368 g/mol. The third kappa shape index (κ3) is 3.52. The van der Waals surface area contributed by atoms with E-state index >= 15 is 0 Å². The van der Waals surface area contributed by atoms with Crippen molar-refractivity contribution in [2.75, 3.05) is 0 Å². The summed E-state index contributed by atoms with van der Waals surface area (Å²) < 4.78 is 2.30. The number of rotatable bonds is 5. The molecule has 3 nitrogen and oxygen atoms in total. The van der Waals surface area contributed by atoms with Gasteiger partial charge in [0.25, 0.3) is 0 Å². The Morgan fingerprint density at radius 2 is 1.60 bits per heavy atom. The van der Waals surface area contributed by atoms with Gasteiger partial charge in [-0.05, 0) is 48.8 Å². The second-order valence-electron chi connectivity index (χ2n) is 8.09. The summed E-state index contributed by atoms with van der Waals surface area (Å²) in [6, 6.07) is 27.0. The van der Waals surface area contributed by atoms with E-state index in [4.69, 9.17) is 4.98 Å². The molecule has 1 atom stereocenters. The number of phenolic OH excluding ortho intramolecular Hbond substituents is 1. The van der Waals surface area contributed by atoms with Crippen LogP contribution in [-0.2, 0) is 13.0 Å². The molecule has 5 rings (SSSR count). The molecule has 0 radical (unpaired) electrons. The highest BCUT2D eigenvalue weighted by molar-refractivity contribution is 5.78. The summed E-state index contributed by atoms with van der Waals surface area (Å²) in [5, 5.41) is 10.3. The lowest BCUT2D eigenvalue weighted by Crippen LogP contribution is -2.12. The van der Waals surface area contributed by atoms with Gasteiger partial charge in [0.15, 0.2) is 0 Å². The molecule has 0 amide bonds. The Balaban J connectivity index is 1.48. The Bertz CT molecular complexity index is 1130. The zero-order valence-electron chi connectivity index (χ0n) is 17.0. The summed E-state index contributed by atoms with van der Waals surface area (Å²) in [6.07, 6.45) is 6.33. The lowest BCUT2D eigenvalue weighted by Gasteiger charge is -2.26. The van der Waals surface area contributed by atoms with E-state index in [9.17, 15) is 5.11 Å². The van der Waals surface area contributed by atoms with Crippen molar-refractivity contribution >= 4 is 0 Å². The van der Waals surface area contributed by atoms with Gasteiger partial charge in [-0.15, -0.1) is 0 Å². The predicted molar refractivity (Wildman–Crippen MR) is 122 cm³/mol. The van der Waals surface area contributed by atoms with Gasteiger partial charge in [-0.3, -0.25) is 0 Å². The molecule has 0 saturated heterocycles. The summed E-state index contributed by atoms with van der Waals surface area (Å²) in [6.45, 7) is 0.907. The second kappa shape index (κ2) is 8.19. The topological polar surface area (TPSA) is 38.0 Å². The minimum atomic E-state index is 0.455. The van der Waals surface area contributed by atoms with Crippen LogP contribution in [0.3, 0.4) is 0 Å². The Morgan fingerprint density at radius 1 is 0.867 bits per heavy atom. The van der Waals surface area contributed by atoms with Crippen molar-refractivity contribution in [2.45, 2.75) is 38.1 Å². The number of aromatic nitrogens is 2. The minimum absolute atomic E-state index is 0.455. The molecule has 1 aliphatic rings. The molecule has 1 heterocycles. The van der Waals surface area contributed by atoms with Crippen molar-refractivity contribution in [1.29, 1.82) is 0 Å². The van der Waals surface area contributed by atoms with Gasteiger partial charge in [-0.2, -0.15) is 0 Å². The van der Waals surface area contributed by atoms with Crippen LogP contribution in [-0.4, -0.2) is 14.7 Å². The highest BCUT2D eigenvalue weighted by atomic mass is 16.3. The number of aryl methyl sites for hydroxylation is 1. The fraction of sp³-hybridized carbons (Fsp3) is 0.222. The van der Waals surface area contributed by atoms with E-state index in [-0.39, 0.29) is 0 Å². The maximum atomic E-state index is 10.3. The number of benzene rings is 3. The van der Waals surface area contributed by atoms with Crippen LogP contribution < -0.4 is 0 Å². The Morgan fingerprint density at radius 3 is 2.37 bits per heavy atom. The maximum absolute atomic E-state index is 10.3. The lowest BCUT2D eigenvalue weighted by molar-refractivity contribution is 0.441. The quantitative estimate of drug-likeness (QED) is 0.423. The first-order valence-corrected chi connectivity index (χ1v) is 10.8. The molecule has 3 aromatic carbocycles. The van der Waals surface area contributed by atoms with Crippen LogP contribution in [0.1, 0.15) is 36.3 Å². The predicted octanol–water partition coefficient (Wildman–Crippen LogP) is 6.43. The molecule has 3 heteroatoms. The minimum Gasteiger partial charge on any atom is -0.508 e. The van der Waals surface area contributed by atoms with Crippen molar-refractivity contribution in [2.24, 2.45) is 0 Å². The first kappa shape index (κ1) is 18.7. The van der Waals surface area contributed by atoms with Gasteiger partial charge in [0.2, 0.25) is 0 Å². The van der Waals surface area contributed by atoms with Gasteiger partial charge in [0, 0.05) is 17.7 Å². The summed E-state index contributed by atoms with van der Waals surface area (Å²) in [5.41, 5.74) is 7.01. The largest absolute Gasteiger partial charge is 0.508 e. The summed E-state index contributed by atoms with van der Waals surface area (Å²) in [5.74, 6) is 0.934. The lowest BCUT2D eigenvalue weighted by atomic mass is 9.80. The second-order valence-corrected chi connectivity index (χ2v) is 8.09. The van der Waals surface area contributed by atoms with Crippen LogP contribution >= 0.6 is 0 Å². The smallest absolute Gasteiger partial charge is 0.119 e. The van der Waals surface area contributed by atoms with E-state index in [1.165, 1.54) is 23.2 Å². The monoisotopic (exact) mass is 394 g/mol. The highest BCUT2D eigenvalue weighted by Gasteiger charge is 2.23. The average molecular weight is 395 g/mol. The van der Waals surface area contributed by atoms with E-state index in [0.29, 0.717) is 11.7 Å². The molecule has 0 saturated carbocycles. The third-order valence-corrected chi connectivity index (χ3v) is 6.26. The van der Waals surface area contributed by atoms with Crippen LogP contribution in [0.25, 0.3) is 22.5 Å².